The molecule has 0 aromatic rings. The standard InChI is InChI=1S/3C14H26O2.Dy/c3*1-6-8-9-11(7-2)12(15)10-13(16)14(3,4)5;/h3*10-11,16H,6-9H2,1-5H3;/q;;;+3/p-3. The Morgan fingerprint density at radius 1 is 0.449 bits per heavy atom. The average Bonchev–Trinajstić information content (AvgIpc) is 2.97. The molecule has 0 saturated heterocycles. The van der Waals surface area contributed by atoms with Gasteiger partial charge in [-0.2, -0.15) is 0 Å². The van der Waals surface area contributed by atoms with Crippen molar-refractivity contribution in [2.24, 2.45) is 34.0 Å². The molecule has 0 spiro atoms. The molecule has 0 amide bonds. The Morgan fingerprint density at radius 3 is 0.755 bits per heavy atom. The van der Waals surface area contributed by atoms with Gasteiger partial charge in [0, 0.05) is 17.8 Å². The van der Waals surface area contributed by atoms with Gasteiger partial charge in [-0.15, -0.1) is 17.3 Å². The molecule has 6 nitrogen and oxygen atoms in total. The summed E-state index contributed by atoms with van der Waals surface area (Å²) >= 11 is 0. The quantitative estimate of drug-likeness (QED) is 0.100. The summed E-state index contributed by atoms with van der Waals surface area (Å²) in [5, 5.41) is 35.1. The number of unbranched alkanes of at least 4 members (excludes halogenated alkanes) is 3. The molecule has 0 aliphatic heterocycles. The number of carbonyl (C=O) groups is 3. The van der Waals surface area contributed by atoms with Gasteiger partial charge in [-0.25, -0.2) is 0 Å². The molecule has 0 N–H and O–H groups in total. The van der Waals surface area contributed by atoms with E-state index < -0.39 is 16.2 Å². The zero-order chi connectivity index (χ0) is 38.3. The summed E-state index contributed by atoms with van der Waals surface area (Å²) in [6.45, 7) is 28.9. The van der Waals surface area contributed by atoms with Gasteiger partial charge in [0.05, 0.1) is 0 Å². The van der Waals surface area contributed by atoms with Crippen LogP contribution in [-0.4, -0.2) is 17.3 Å². The maximum atomic E-state index is 11.9. The third-order valence-electron chi connectivity index (χ3n) is 8.44. The van der Waals surface area contributed by atoms with Crippen LogP contribution in [0.1, 0.15) is 181 Å². The van der Waals surface area contributed by atoms with Gasteiger partial charge in [0.25, 0.3) is 0 Å². The average molecular weight is 839 g/mol. The van der Waals surface area contributed by atoms with E-state index in [2.05, 4.69) is 20.8 Å². The fourth-order valence-electron chi connectivity index (χ4n) is 4.38. The van der Waals surface area contributed by atoms with E-state index in [0.29, 0.717) is 0 Å². The van der Waals surface area contributed by atoms with Gasteiger partial charge in [-0.3, -0.25) is 14.4 Å². The number of rotatable bonds is 18. The summed E-state index contributed by atoms with van der Waals surface area (Å²) in [4.78, 5) is 35.6. The molecular weight excluding hydrogens is 763 g/mol. The predicted octanol–water partition coefficient (Wildman–Crippen LogP) is 9.19. The Balaban J connectivity index is -0.000000307. The van der Waals surface area contributed by atoms with Crippen LogP contribution < -0.4 is 15.3 Å². The monoisotopic (exact) mass is 839 g/mol. The number of ketones is 3. The molecule has 0 rings (SSSR count). The van der Waals surface area contributed by atoms with Crippen molar-refractivity contribution in [3.8, 4) is 0 Å². The first-order chi connectivity index (χ1) is 22.0. The van der Waals surface area contributed by atoms with E-state index in [4.69, 9.17) is 0 Å². The molecule has 49 heavy (non-hydrogen) atoms. The van der Waals surface area contributed by atoms with Crippen LogP contribution >= 0.6 is 0 Å². The summed E-state index contributed by atoms with van der Waals surface area (Å²) in [6, 6.07) is 0. The maximum absolute atomic E-state index is 11.9. The van der Waals surface area contributed by atoms with Crippen LogP contribution in [0.5, 0.6) is 0 Å². The first-order valence-corrected chi connectivity index (χ1v) is 18.8. The van der Waals surface area contributed by atoms with Gasteiger partial charge < -0.3 is 15.3 Å². The number of allylic oxidation sites excluding steroid dienone is 6. The number of hydrogen-bond acceptors (Lipinski definition) is 6. The van der Waals surface area contributed by atoms with E-state index in [1.165, 1.54) is 18.2 Å². The van der Waals surface area contributed by atoms with E-state index in [1.54, 1.807) is 0 Å². The Kier molecular flexibility index (Phi) is 31.8. The molecule has 0 bridgehead atoms. The molecule has 0 aliphatic rings. The van der Waals surface area contributed by atoms with Crippen molar-refractivity contribution in [3.63, 3.8) is 0 Å². The van der Waals surface area contributed by atoms with Crippen LogP contribution in [0.15, 0.2) is 35.5 Å². The fourth-order valence-corrected chi connectivity index (χ4v) is 4.38. The SMILES string of the molecule is CCCCC(CC)C(=O)C=C([O-])C(C)(C)C.CCCCC(CC)C(=O)C=C([O-])C(C)(C)C.CCCCC(CC)C(=O)C=C([O-])C(C)(C)C.[Dy+3]. The summed E-state index contributed by atoms with van der Waals surface area (Å²) in [5.74, 6) is -0.0567. The third kappa shape index (κ3) is 27.3. The summed E-state index contributed by atoms with van der Waals surface area (Å²) in [7, 11) is 0. The summed E-state index contributed by atoms with van der Waals surface area (Å²) < 4.78 is 0. The molecule has 289 valence electrons. The summed E-state index contributed by atoms with van der Waals surface area (Å²) in [6.07, 6.45) is 15.6. The minimum Gasteiger partial charge on any atom is -0.875 e. The predicted molar refractivity (Wildman–Crippen MR) is 198 cm³/mol. The van der Waals surface area contributed by atoms with E-state index in [1.807, 2.05) is 83.1 Å². The van der Waals surface area contributed by atoms with E-state index in [0.717, 1.165) is 77.0 Å². The minimum atomic E-state index is -0.446. The molecule has 3 unspecified atom stereocenters. The Morgan fingerprint density at radius 2 is 0.633 bits per heavy atom. The van der Waals surface area contributed by atoms with Crippen molar-refractivity contribution in [1.82, 2.24) is 0 Å². The molecule has 0 aliphatic carbocycles. The van der Waals surface area contributed by atoms with E-state index in [9.17, 15) is 29.7 Å². The second-order valence-electron chi connectivity index (χ2n) is 16.2. The summed E-state index contributed by atoms with van der Waals surface area (Å²) in [5.41, 5.74) is -1.34. The minimum absolute atomic E-state index is 0. The van der Waals surface area contributed by atoms with Gasteiger partial charge >= 0.3 is 38.2 Å². The topological polar surface area (TPSA) is 120 Å². The van der Waals surface area contributed by atoms with Gasteiger partial charge in [-0.05, 0) is 73.0 Å². The van der Waals surface area contributed by atoms with Crippen LogP contribution in [-0.2, 0) is 14.4 Å². The van der Waals surface area contributed by atoms with Gasteiger partial charge in [0.15, 0.2) is 17.3 Å². The van der Waals surface area contributed by atoms with Crippen molar-refractivity contribution in [1.29, 1.82) is 0 Å². The zero-order valence-electron chi connectivity index (χ0n) is 34.2. The molecule has 0 heterocycles. The Bertz CT molecular complexity index is 873. The van der Waals surface area contributed by atoms with Crippen LogP contribution in [0.2, 0.25) is 0 Å². The second-order valence-corrected chi connectivity index (χ2v) is 16.2. The van der Waals surface area contributed by atoms with Gasteiger partial charge in [0.1, 0.15) is 0 Å². The normalized spacial score (nSPS) is 14.6. The molecule has 0 aromatic heterocycles. The molecular formula is C42H75DyO6. The molecule has 1 radical (unpaired) electrons. The van der Waals surface area contributed by atoms with Crippen molar-refractivity contribution < 1.29 is 67.9 Å². The van der Waals surface area contributed by atoms with Crippen molar-refractivity contribution >= 4 is 17.3 Å². The largest absolute Gasteiger partial charge is 3.00 e. The molecule has 7 heteroatoms. The van der Waals surface area contributed by atoms with Crippen LogP contribution in [0, 0.1) is 72.2 Å². The smallest absolute Gasteiger partial charge is 0.875 e. The Hall–Kier alpha value is -1.10. The number of carbonyl (C=O) groups excluding carboxylic acids is 3. The van der Waals surface area contributed by atoms with E-state index >= 15 is 0 Å². The third-order valence-corrected chi connectivity index (χ3v) is 8.44. The maximum Gasteiger partial charge on any atom is 3.00 e. The van der Waals surface area contributed by atoms with Crippen molar-refractivity contribution in [2.75, 3.05) is 0 Å². The van der Waals surface area contributed by atoms with Gasteiger partial charge in [0.2, 0.25) is 0 Å². The zero-order valence-corrected chi connectivity index (χ0v) is 36.2. The molecule has 0 fully saturated rings. The Labute approximate surface area is 333 Å². The fraction of sp³-hybridized carbons (Fsp3) is 0.786. The van der Waals surface area contributed by atoms with Crippen molar-refractivity contribution in [3.05, 3.63) is 35.5 Å². The second kappa shape index (κ2) is 28.5. The van der Waals surface area contributed by atoms with Crippen LogP contribution in [0.25, 0.3) is 0 Å². The first kappa shape index (κ1) is 54.7. The van der Waals surface area contributed by atoms with Crippen LogP contribution in [0.3, 0.4) is 0 Å². The van der Waals surface area contributed by atoms with E-state index in [-0.39, 0.29) is 90.6 Å². The van der Waals surface area contributed by atoms with Crippen LogP contribution in [0.4, 0.5) is 0 Å². The molecule has 0 saturated carbocycles. The molecule has 3 atom stereocenters. The first-order valence-electron chi connectivity index (χ1n) is 18.8. The van der Waals surface area contributed by atoms with Crippen molar-refractivity contribution in [2.45, 2.75) is 181 Å². The number of hydrogen-bond donors (Lipinski definition) is 0. The molecule has 0 aromatic carbocycles. The van der Waals surface area contributed by atoms with Gasteiger partial charge in [-0.1, -0.05) is 142 Å².